The average molecular weight is 189 g/mol. The summed E-state index contributed by atoms with van der Waals surface area (Å²) in [5.74, 6) is 1.04. The molecule has 0 bridgehead atoms. The summed E-state index contributed by atoms with van der Waals surface area (Å²) in [7, 11) is 0. The van der Waals surface area contributed by atoms with Crippen molar-refractivity contribution in [2.24, 2.45) is 0 Å². The van der Waals surface area contributed by atoms with Crippen LogP contribution >= 0.6 is 0 Å². The Balaban J connectivity index is 2.12. The van der Waals surface area contributed by atoms with Crippen LogP contribution in [0.25, 0.3) is 0 Å². The number of hydrogen-bond donors (Lipinski definition) is 0. The summed E-state index contributed by atoms with van der Waals surface area (Å²) < 4.78 is 0. The second-order valence-electron chi connectivity index (χ2n) is 3.93. The third kappa shape index (κ3) is 0.967. The van der Waals surface area contributed by atoms with E-state index in [0.717, 1.165) is 29.9 Å². The summed E-state index contributed by atoms with van der Waals surface area (Å²) >= 11 is 0. The molecule has 1 amide bonds. The van der Waals surface area contributed by atoms with Gasteiger partial charge in [-0.1, -0.05) is 0 Å². The molecule has 72 valence electrons. The zero-order valence-electron chi connectivity index (χ0n) is 8.03. The minimum Gasteiger partial charge on any atom is -0.293 e. The molecule has 4 heteroatoms. The van der Waals surface area contributed by atoms with Gasteiger partial charge in [0.15, 0.2) is 0 Å². The Morgan fingerprint density at radius 3 is 2.93 bits per heavy atom. The number of hydrogen-bond acceptors (Lipinski definition) is 3. The van der Waals surface area contributed by atoms with Crippen molar-refractivity contribution >= 4 is 11.7 Å². The van der Waals surface area contributed by atoms with Crippen molar-refractivity contribution in [3.8, 4) is 0 Å². The summed E-state index contributed by atoms with van der Waals surface area (Å²) in [5.41, 5.74) is 1.95. The van der Waals surface area contributed by atoms with Gasteiger partial charge in [0, 0.05) is 17.3 Å². The van der Waals surface area contributed by atoms with Gasteiger partial charge < -0.3 is 0 Å². The van der Waals surface area contributed by atoms with Gasteiger partial charge in [-0.15, -0.1) is 0 Å². The van der Waals surface area contributed by atoms with E-state index in [-0.39, 0.29) is 5.91 Å². The molecule has 1 aromatic heterocycles. The van der Waals surface area contributed by atoms with Crippen molar-refractivity contribution in [3.05, 3.63) is 17.6 Å². The normalized spacial score (nSPS) is 20.1. The Kier molecular flexibility index (Phi) is 1.43. The van der Waals surface area contributed by atoms with E-state index in [9.17, 15) is 4.79 Å². The molecule has 14 heavy (non-hydrogen) atoms. The molecule has 2 aliphatic rings. The van der Waals surface area contributed by atoms with E-state index in [2.05, 4.69) is 9.97 Å². The number of amides is 1. The molecule has 0 saturated heterocycles. The highest BCUT2D eigenvalue weighted by Crippen LogP contribution is 2.37. The number of nitrogens with zero attached hydrogens (tertiary/aromatic N) is 3. The molecular weight excluding hydrogens is 178 g/mol. The van der Waals surface area contributed by atoms with Crippen molar-refractivity contribution in [2.45, 2.75) is 32.2 Å². The molecule has 0 atom stereocenters. The molecular formula is C10H11N3O. The number of aryl methyl sites for hydroxylation is 1. The molecule has 0 N–H and O–H groups in total. The summed E-state index contributed by atoms with van der Waals surface area (Å²) in [6.45, 7) is 1.93. The largest absolute Gasteiger partial charge is 0.293 e. The quantitative estimate of drug-likeness (QED) is 0.657. The third-order valence-corrected chi connectivity index (χ3v) is 2.87. The van der Waals surface area contributed by atoms with Crippen LogP contribution in [0.4, 0.5) is 5.82 Å². The van der Waals surface area contributed by atoms with Gasteiger partial charge in [-0.05, 0) is 19.8 Å². The fraction of sp³-hybridized carbons (Fsp3) is 0.500. The lowest BCUT2D eigenvalue weighted by Gasteiger charge is -2.14. The summed E-state index contributed by atoms with van der Waals surface area (Å²) in [4.78, 5) is 21.9. The maximum atomic E-state index is 11.7. The van der Waals surface area contributed by atoms with Crippen molar-refractivity contribution in [3.63, 3.8) is 0 Å². The smallest absolute Gasteiger partial charge is 0.233 e. The summed E-state index contributed by atoms with van der Waals surface area (Å²) in [5, 5.41) is 0. The summed E-state index contributed by atoms with van der Waals surface area (Å²) in [6.07, 6.45) is 4.27. The monoisotopic (exact) mass is 189 g/mol. The highest BCUT2D eigenvalue weighted by Gasteiger charge is 2.40. The van der Waals surface area contributed by atoms with Crippen LogP contribution in [0.2, 0.25) is 0 Å². The molecule has 3 rings (SSSR count). The molecule has 2 heterocycles. The van der Waals surface area contributed by atoms with Crippen molar-refractivity contribution in [2.75, 3.05) is 4.90 Å². The first kappa shape index (κ1) is 7.91. The molecule has 1 aliphatic carbocycles. The number of anilines is 1. The molecule has 1 saturated carbocycles. The van der Waals surface area contributed by atoms with Crippen LogP contribution in [0.15, 0.2) is 6.33 Å². The van der Waals surface area contributed by atoms with Crippen LogP contribution < -0.4 is 4.90 Å². The lowest BCUT2D eigenvalue weighted by molar-refractivity contribution is -0.117. The molecule has 1 aromatic rings. The highest BCUT2D eigenvalue weighted by molar-refractivity contribution is 6.01. The molecule has 4 nitrogen and oxygen atoms in total. The van der Waals surface area contributed by atoms with Gasteiger partial charge in [-0.25, -0.2) is 9.97 Å². The van der Waals surface area contributed by atoms with E-state index >= 15 is 0 Å². The molecule has 0 aromatic carbocycles. The van der Waals surface area contributed by atoms with E-state index in [0.29, 0.717) is 12.5 Å². The third-order valence-electron chi connectivity index (χ3n) is 2.87. The number of aromatic nitrogens is 2. The van der Waals surface area contributed by atoms with E-state index in [1.807, 2.05) is 11.8 Å². The van der Waals surface area contributed by atoms with E-state index in [1.54, 1.807) is 6.33 Å². The van der Waals surface area contributed by atoms with Crippen LogP contribution in [-0.4, -0.2) is 21.9 Å². The Hall–Kier alpha value is -1.45. The zero-order chi connectivity index (χ0) is 9.71. The standard InChI is InChI=1S/C10H11N3O/c1-6-8-4-9(14)13(7-2-3-7)10(8)12-5-11-6/h5,7H,2-4H2,1H3. The fourth-order valence-electron chi connectivity index (χ4n) is 1.97. The first-order valence-corrected chi connectivity index (χ1v) is 4.90. The lowest BCUT2D eigenvalue weighted by Crippen LogP contribution is -2.29. The van der Waals surface area contributed by atoms with Gasteiger partial charge in [0.05, 0.1) is 6.42 Å². The minimum absolute atomic E-state index is 0.186. The van der Waals surface area contributed by atoms with Gasteiger partial charge in [0.2, 0.25) is 5.91 Å². The Morgan fingerprint density at radius 2 is 2.21 bits per heavy atom. The van der Waals surface area contributed by atoms with E-state index in [4.69, 9.17) is 0 Å². The van der Waals surface area contributed by atoms with Crippen LogP contribution in [0, 0.1) is 6.92 Å². The molecule has 1 fully saturated rings. The second-order valence-corrected chi connectivity index (χ2v) is 3.93. The molecule has 0 spiro atoms. The predicted octanol–water partition coefficient (Wildman–Crippen LogP) is 0.837. The van der Waals surface area contributed by atoms with Crippen LogP contribution in [0.3, 0.4) is 0 Å². The first-order valence-electron chi connectivity index (χ1n) is 4.90. The Labute approximate surface area is 82.0 Å². The van der Waals surface area contributed by atoms with Crippen molar-refractivity contribution in [1.82, 2.24) is 9.97 Å². The molecule has 1 aliphatic heterocycles. The predicted molar refractivity (Wildman–Crippen MR) is 51.0 cm³/mol. The van der Waals surface area contributed by atoms with Crippen LogP contribution in [0.1, 0.15) is 24.1 Å². The average Bonchev–Trinajstić information content (AvgIpc) is 2.91. The van der Waals surface area contributed by atoms with Gasteiger partial charge >= 0.3 is 0 Å². The Bertz CT molecular complexity index is 412. The van der Waals surface area contributed by atoms with E-state index < -0.39 is 0 Å². The maximum absolute atomic E-state index is 11.7. The van der Waals surface area contributed by atoms with Crippen molar-refractivity contribution < 1.29 is 4.79 Å². The van der Waals surface area contributed by atoms with Gasteiger partial charge in [-0.2, -0.15) is 0 Å². The topological polar surface area (TPSA) is 46.1 Å². The second kappa shape index (κ2) is 2.53. The van der Waals surface area contributed by atoms with E-state index in [1.165, 1.54) is 0 Å². The number of rotatable bonds is 1. The van der Waals surface area contributed by atoms with Gasteiger partial charge in [0.25, 0.3) is 0 Å². The molecule has 0 radical (unpaired) electrons. The minimum atomic E-state index is 0.186. The number of carbonyl (C=O) groups is 1. The number of fused-ring (bicyclic) bond motifs is 1. The van der Waals surface area contributed by atoms with Gasteiger partial charge in [-0.3, -0.25) is 9.69 Å². The fourth-order valence-corrected chi connectivity index (χ4v) is 1.97. The SMILES string of the molecule is Cc1ncnc2c1CC(=O)N2C1CC1. The number of carbonyl (C=O) groups excluding carboxylic acids is 1. The summed E-state index contributed by atoms with van der Waals surface area (Å²) in [6, 6.07) is 0.415. The highest BCUT2D eigenvalue weighted by atomic mass is 16.2. The van der Waals surface area contributed by atoms with Gasteiger partial charge in [0.1, 0.15) is 12.1 Å². The maximum Gasteiger partial charge on any atom is 0.233 e. The van der Waals surface area contributed by atoms with Crippen LogP contribution in [-0.2, 0) is 11.2 Å². The Morgan fingerprint density at radius 1 is 1.43 bits per heavy atom. The van der Waals surface area contributed by atoms with Crippen LogP contribution in [0.5, 0.6) is 0 Å². The van der Waals surface area contributed by atoms with Crippen molar-refractivity contribution in [1.29, 1.82) is 0 Å². The zero-order valence-corrected chi connectivity index (χ0v) is 8.03. The first-order chi connectivity index (χ1) is 6.77. The molecule has 0 unspecified atom stereocenters. The lowest BCUT2D eigenvalue weighted by atomic mass is 10.2.